The average molecular weight is 403 g/mol. The second-order valence-corrected chi connectivity index (χ2v) is 9.16. The summed E-state index contributed by atoms with van der Waals surface area (Å²) < 4.78 is 32.5. The third-order valence-electron chi connectivity index (χ3n) is 4.98. The van der Waals surface area contributed by atoms with Crippen molar-refractivity contribution in [3.05, 3.63) is 58.1 Å². The number of hydrogen-bond donors (Lipinski definition) is 1. The van der Waals surface area contributed by atoms with E-state index in [0.29, 0.717) is 31.9 Å². The molecule has 1 amide bonds. The molecular formula is C21H26N2O4S. The van der Waals surface area contributed by atoms with E-state index in [1.54, 1.807) is 19.1 Å². The molecule has 1 N–H and O–H groups in total. The van der Waals surface area contributed by atoms with E-state index in [4.69, 9.17) is 4.74 Å². The molecule has 1 aliphatic rings. The Balaban J connectivity index is 1.92. The SMILES string of the molecule is Cc1cc(C)c(NC(=O)c2cc(S(=O)(=O)N3CCOCC3)ccc2C)c(C)c1. The fourth-order valence-corrected chi connectivity index (χ4v) is 4.94. The summed E-state index contributed by atoms with van der Waals surface area (Å²) in [6, 6.07) is 8.72. The van der Waals surface area contributed by atoms with Crippen LogP contribution < -0.4 is 5.32 Å². The van der Waals surface area contributed by atoms with Gasteiger partial charge in [-0.1, -0.05) is 23.8 Å². The van der Waals surface area contributed by atoms with Crippen LogP contribution in [0.2, 0.25) is 0 Å². The Bertz CT molecular complexity index is 986. The van der Waals surface area contributed by atoms with E-state index in [0.717, 1.165) is 27.9 Å². The number of nitrogens with zero attached hydrogens (tertiary/aromatic N) is 1. The van der Waals surface area contributed by atoms with Gasteiger partial charge in [-0.3, -0.25) is 4.79 Å². The minimum absolute atomic E-state index is 0.127. The number of aryl methyl sites for hydroxylation is 4. The highest BCUT2D eigenvalue weighted by Crippen LogP contribution is 2.25. The zero-order valence-electron chi connectivity index (χ0n) is 16.7. The molecule has 6 nitrogen and oxygen atoms in total. The van der Waals surface area contributed by atoms with Gasteiger partial charge < -0.3 is 10.1 Å². The highest BCUT2D eigenvalue weighted by atomic mass is 32.2. The Morgan fingerprint density at radius 3 is 2.18 bits per heavy atom. The summed E-state index contributed by atoms with van der Waals surface area (Å²) in [6.45, 7) is 9.10. The maximum absolute atomic E-state index is 12.9. The van der Waals surface area contributed by atoms with Crippen LogP contribution in [0.4, 0.5) is 5.69 Å². The van der Waals surface area contributed by atoms with E-state index in [2.05, 4.69) is 5.32 Å². The predicted octanol–water partition coefficient (Wildman–Crippen LogP) is 3.19. The number of ether oxygens (including phenoxy) is 1. The lowest BCUT2D eigenvalue weighted by atomic mass is 10.0. The molecule has 1 aliphatic heterocycles. The molecule has 0 atom stereocenters. The highest BCUT2D eigenvalue weighted by Gasteiger charge is 2.27. The molecule has 1 fully saturated rings. The third kappa shape index (κ3) is 4.11. The van der Waals surface area contributed by atoms with Crippen LogP contribution in [-0.4, -0.2) is 44.9 Å². The number of morpholine rings is 1. The van der Waals surface area contributed by atoms with E-state index in [9.17, 15) is 13.2 Å². The topological polar surface area (TPSA) is 75.7 Å². The fourth-order valence-electron chi connectivity index (χ4n) is 3.50. The quantitative estimate of drug-likeness (QED) is 0.852. The molecule has 0 spiro atoms. The van der Waals surface area contributed by atoms with Gasteiger partial charge in [-0.15, -0.1) is 0 Å². The van der Waals surface area contributed by atoms with Crippen LogP contribution >= 0.6 is 0 Å². The van der Waals surface area contributed by atoms with Crippen LogP contribution in [0.25, 0.3) is 0 Å². The van der Waals surface area contributed by atoms with Crippen LogP contribution in [0.5, 0.6) is 0 Å². The molecule has 1 saturated heterocycles. The standard InChI is InChI=1S/C21H26N2O4S/c1-14-11-16(3)20(17(4)12-14)22-21(24)19-13-18(6-5-15(19)2)28(25,26)23-7-9-27-10-8-23/h5-6,11-13H,7-10H2,1-4H3,(H,22,24). The summed E-state index contributed by atoms with van der Waals surface area (Å²) in [7, 11) is -3.66. The van der Waals surface area contributed by atoms with Crippen LogP contribution in [0.15, 0.2) is 35.2 Å². The molecule has 0 saturated carbocycles. The van der Waals surface area contributed by atoms with Crippen molar-refractivity contribution in [2.45, 2.75) is 32.6 Å². The van der Waals surface area contributed by atoms with E-state index in [1.807, 2.05) is 32.9 Å². The van der Waals surface area contributed by atoms with Crippen LogP contribution in [-0.2, 0) is 14.8 Å². The fraction of sp³-hybridized carbons (Fsp3) is 0.381. The first-order chi connectivity index (χ1) is 13.2. The number of sulfonamides is 1. The van der Waals surface area contributed by atoms with Gasteiger partial charge in [0.2, 0.25) is 10.0 Å². The van der Waals surface area contributed by atoms with Gasteiger partial charge in [0.1, 0.15) is 0 Å². The van der Waals surface area contributed by atoms with Crippen molar-refractivity contribution in [1.29, 1.82) is 0 Å². The molecular weight excluding hydrogens is 376 g/mol. The lowest BCUT2D eigenvalue weighted by Gasteiger charge is -2.26. The van der Waals surface area contributed by atoms with Crippen molar-refractivity contribution >= 4 is 21.6 Å². The second kappa shape index (κ2) is 8.03. The maximum atomic E-state index is 12.9. The molecule has 7 heteroatoms. The van der Waals surface area contributed by atoms with Gasteiger partial charge in [0.25, 0.3) is 5.91 Å². The minimum atomic E-state index is -3.66. The molecule has 0 unspecified atom stereocenters. The van der Waals surface area contributed by atoms with E-state index >= 15 is 0 Å². The van der Waals surface area contributed by atoms with Gasteiger partial charge in [0.05, 0.1) is 18.1 Å². The van der Waals surface area contributed by atoms with E-state index in [1.165, 1.54) is 10.4 Å². The summed E-state index contributed by atoms with van der Waals surface area (Å²) in [5.74, 6) is -0.313. The number of anilines is 1. The number of hydrogen-bond acceptors (Lipinski definition) is 4. The number of carbonyl (C=O) groups excluding carboxylic acids is 1. The molecule has 2 aromatic rings. The number of amides is 1. The van der Waals surface area contributed by atoms with Crippen LogP contribution in [0.3, 0.4) is 0 Å². The molecule has 150 valence electrons. The van der Waals surface area contributed by atoms with Gasteiger partial charge >= 0.3 is 0 Å². The Hall–Kier alpha value is -2.22. The number of rotatable bonds is 4. The van der Waals surface area contributed by atoms with Gasteiger partial charge in [0, 0.05) is 24.3 Å². The van der Waals surface area contributed by atoms with Crippen molar-refractivity contribution in [3.63, 3.8) is 0 Å². The number of benzene rings is 2. The number of carbonyl (C=O) groups is 1. The Labute approximate surface area is 166 Å². The molecule has 0 bridgehead atoms. The molecule has 0 aliphatic carbocycles. The number of nitrogens with one attached hydrogen (secondary N) is 1. The van der Waals surface area contributed by atoms with Crippen LogP contribution in [0, 0.1) is 27.7 Å². The summed E-state index contributed by atoms with van der Waals surface area (Å²) in [5.41, 5.74) is 4.91. The minimum Gasteiger partial charge on any atom is -0.379 e. The van der Waals surface area contributed by atoms with Gasteiger partial charge in [-0.2, -0.15) is 4.31 Å². The Morgan fingerprint density at radius 2 is 1.57 bits per heavy atom. The second-order valence-electron chi connectivity index (χ2n) is 7.22. The maximum Gasteiger partial charge on any atom is 0.255 e. The van der Waals surface area contributed by atoms with E-state index in [-0.39, 0.29) is 10.8 Å². The molecule has 3 rings (SSSR count). The van der Waals surface area contributed by atoms with Crippen molar-refractivity contribution in [1.82, 2.24) is 4.31 Å². The zero-order valence-corrected chi connectivity index (χ0v) is 17.5. The first-order valence-electron chi connectivity index (χ1n) is 9.28. The highest BCUT2D eigenvalue weighted by molar-refractivity contribution is 7.89. The smallest absolute Gasteiger partial charge is 0.255 e. The summed E-state index contributed by atoms with van der Waals surface area (Å²) in [5, 5.41) is 2.95. The first kappa shape index (κ1) is 20.5. The van der Waals surface area contributed by atoms with Crippen LogP contribution in [0.1, 0.15) is 32.6 Å². The van der Waals surface area contributed by atoms with Crippen molar-refractivity contribution in [3.8, 4) is 0 Å². The van der Waals surface area contributed by atoms with Gasteiger partial charge in [-0.05, 0) is 56.5 Å². The Kier molecular flexibility index (Phi) is 5.88. The molecule has 28 heavy (non-hydrogen) atoms. The molecule has 0 radical (unpaired) electrons. The lowest BCUT2D eigenvalue weighted by Crippen LogP contribution is -2.40. The largest absolute Gasteiger partial charge is 0.379 e. The van der Waals surface area contributed by atoms with Crippen molar-refractivity contribution < 1.29 is 17.9 Å². The lowest BCUT2D eigenvalue weighted by molar-refractivity contribution is 0.0730. The summed E-state index contributed by atoms with van der Waals surface area (Å²) >= 11 is 0. The van der Waals surface area contributed by atoms with Crippen molar-refractivity contribution in [2.75, 3.05) is 31.6 Å². The predicted molar refractivity (Wildman–Crippen MR) is 109 cm³/mol. The summed E-state index contributed by atoms with van der Waals surface area (Å²) in [4.78, 5) is 13.1. The zero-order chi connectivity index (χ0) is 20.5. The van der Waals surface area contributed by atoms with Gasteiger partial charge in [-0.25, -0.2) is 8.42 Å². The monoisotopic (exact) mass is 402 g/mol. The molecule has 0 aromatic heterocycles. The Morgan fingerprint density at radius 1 is 0.964 bits per heavy atom. The average Bonchev–Trinajstić information content (AvgIpc) is 2.65. The summed E-state index contributed by atoms with van der Waals surface area (Å²) in [6.07, 6.45) is 0. The van der Waals surface area contributed by atoms with Gasteiger partial charge in [0.15, 0.2) is 0 Å². The normalized spacial score (nSPS) is 15.4. The van der Waals surface area contributed by atoms with Crippen molar-refractivity contribution in [2.24, 2.45) is 0 Å². The first-order valence-corrected chi connectivity index (χ1v) is 10.7. The van der Waals surface area contributed by atoms with E-state index < -0.39 is 10.0 Å². The molecule has 1 heterocycles. The third-order valence-corrected chi connectivity index (χ3v) is 6.87. The molecule has 2 aromatic carbocycles.